The Morgan fingerprint density at radius 3 is 2.67 bits per heavy atom. The van der Waals surface area contributed by atoms with E-state index in [0.29, 0.717) is 5.69 Å². The number of fused-ring (bicyclic) bond motifs is 1. The highest BCUT2D eigenvalue weighted by atomic mass is 16.2. The third-order valence-corrected chi connectivity index (χ3v) is 3.99. The number of amides is 1. The third-order valence-electron chi connectivity index (χ3n) is 3.99. The zero-order valence-electron chi connectivity index (χ0n) is 14.2. The van der Waals surface area contributed by atoms with Crippen LogP contribution in [0.5, 0.6) is 0 Å². The van der Waals surface area contributed by atoms with Gasteiger partial charge in [-0.25, -0.2) is 0 Å². The van der Waals surface area contributed by atoms with Gasteiger partial charge >= 0.3 is 0 Å². The summed E-state index contributed by atoms with van der Waals surface area (Å²) in [5.74, 6) is -0.164. The monoisotopic (exact) mass is 322 g/mol. The molecule has 24 heavy (non-hydrogen) atoms. The Kier molecular flexibility index (Phi) is 4.62. The van der Waals surface area contributed by atoms with Gasteiger partial charge < -0.3 is 10.2 Å². The van der Waals surface area contributed by atoms with Crippen molar-refractivity contribution in [3.63, 3.8) is 0 Å². The summed E-state index contributed by atoms with van der Waals surface area (Å²) in [6.45, 7) is 2.73. The second kappa shape index (κ2) is 6.84. The number of nitrogens with one attached hydrogen (secondary N) is 2. The molecule has 1 heterocycles. The van der Waals surface area contributed by atoms with Gasteiger partial charge in [-0.1, -0.05) is 42.0 Å². The number of aromatic nitrogens is 2. The van der Waals surface area contributed by atoms with Crippen LogP contribution < -0.4 is 5.32 Å². The Balaban J connectivity index is 1.88. The summed E-state index contributed by atoms with van der Waals surface area (Å²) in [6.07, 6.45) is 0. The maximum Gasteiger partial charge on any atom is 0.272 e. The van der Waals surface area contributed by atoms with Crippen LogP contribution in [0.1, 0.15) is 27.7 Å². The topological polar surface area (TPSA) is 61.0 Å². The van der Waals surface area contributed by atoms with Crippen LogP contribution in [0.3, 0.4) is 0 Å². The van der Waals surface area contributed by atoms with E-state index in [1.165, 1.54) is 0 Å². The number of hydrogen-bond acceptors (Lipinski definition) is 3. The van der Waals surface area contributed by atoms with Crippen LogP contribution in [-0.2, 0) is 0 Å². The Hall–Kier alpha value is -2.66. The molecule has 1 unspecified atom stereocenters. The molecule has 0 radical (unpaired) electrons. The van der Waals surface area contributed by atoms with E-state index in [1.54, 1.807) is 0 Å². The van der Waals surface area contributed by atoms with E-state index in [9.17, 15) is 4.79 Å². The van der Waals surface area contributed by atoms with Gasteiger partial charge in [-0.2, -0.15) is 5.10 Å². The highest BCUT2D eigenvalue weighted by Gasteiger charge is 2.20. The van der Waals surface area contributed by atoms with Gasteiger partial charge in [-0.3, -0.25) is 9.89 Å². The predicted molar refractivity (Wildman–Crippen MR) is 96.0 cm³/mol. The van der Waals surface area contributed by atoms with Gasteiger partial charge in [0.1, 0.15) is 0 Å². The van der Waals surface area contributed by atoms with Crippen molar-refractivity contribution in [2.75, 3.05) is 20.6 Å². The number of rotatable bonds is 5. The van der Waals surface area contributed by atoms with Gasteiger partial charge in [0, 0.05) is 11.9 Å². The van der Waals surface area contributed by atoms with Gasteiger partial charge in [0.25, 0.3) is 5.91 Å². The summed E-state index contributed by atoms with van der Waals surface area (Å²) in [4.78, 5) is 14.8. The van der Waals surface area contributed by atoms with Crippen LogP contribution in [0.25, 0.3) is 10.9 Å². The Morgan fingerprint density at radius 1 is 1.21 bits per heavy atom. The SMILES string of the molecule is Cc1ccc2[nH]nc(C(=O)NC(CN(C)C)c3ccccc3)c2c1. The first-order chi connectivity index (χ1) is 11.5. The molecule has 0 saturated carbocycles. The second-order valence-electron chi connectivity index (χ2n) is 6.32. The number of H-pyrrole nitrogens is 1. The molecule has 0 spiro atoms. The first-order valence-electron chi connectivity index (χ1n) is 8.00. The Morgan fingerprint density at radius 2 is 1.96 bits per heavy atom. The molecule has 5 heteroatoms. The fourth-order valence-corrected chi connectivity index (χ4v) is 2.81. The van der Waals surface area contributed by atoms with Gasteiger partial charge in [0.15, 0.2) is 5.69 Å². The number of carbonyl (C=O) groups excluding carboxylic acids is 1. The lowest BCUT2D eigenvalue weighted by atomic mass is 10.1. The fraction of sp³-hybridized carbons (Fsp3) is 0.263. The van der Waals surface area contributed by atoms with E-state index in [4.69, 9.17) is 0 Å². The molecule has 0 bridgehead atoms. The summed E-state index contributed by atoms with van der Waals surface area (Å²) in [6, 6.07) is 15.8. The van der Waals surface area contributed by atoms with Crippen LogP contribution in [0.15, 0.2) is 48.5 Å². The highest BCUT2D eigenvalue weighted by molar-refractivity contribution is 6.04. The van der Waals surface area contributed by atoms with Crippen LogP contribution >= 0.6 is 0 Å². The first kappa shape index (κ1) is 16.2. The van der Waals surface area contributed by atoms with Crippen molar-refractivity contribution in [2.24, 2.45) is 0 Å². The van der Waals surface area contributed by atoms with E-state index in [-0.39, 0.29) is 11.9 Å². The minimum atomic E-state index is -0.164. The fourth-order valence-electron chi connectivity index (χ4n) is 2.81. The van der Waals surface area contributed by atoms with Crippen molar-refractivity contribution >= 4 is 16.8 Å². The quantitative estimate of drug-likeness (QED) is 0.759. The highest BCUT2D eigenvalue weighted by Crippen LogP contribution is 2.19. The summed E-state index contributed by atoms with van der Waals surface area (Å²) >= 11 is 0. The molecule has 2 aromatic carbocycles. The van der Waals surface area contributed by atoms with Crippen molar-refractivity contribution in [3.8, 4) is 0 Å². The molecule has 0 aliphatic carbocycles. The largest absolute Gasteiger partial charge is 0.343 e. The van der Waals surface area contributed by atoms with Gasteiger partial charge in [-0.05, 0) is 38.7 Å². The molecule has 1 aromatic heterocycles. The van der Waals surface area contributed by atoms with Crippen molar-refractivity contribution in [1.29, 1.82) is 0 Å². The maximum atomic E-state index is 12.8. The number of nitrogens with zero attached hydrogens (tertiary/aromatic N) is 2. The number of likely N-dealkylation sites (N-methyl/N-ethyl adjacent to an activating group) is 1. The summed E-state index contributed by atoms with van der Waals surface area (Å²) in [5.41, 5.74) is 3.49. The molecule has 3 rings (SSSR count). The molecule has 0 aliphatic rings. The first-order valence-corrected chi connectivity index (χ1v) is 8.00. The van der Waals surface area contributed by atoms with Gasteiger partial charge in [0.2, 0.25) is 0 Å². The van der Waals surface area contributed by atoms with E-state index in [0.717, 1.165) is 28.6 Å². The Bertz CT molecular complexity index is 839. The summed E-state index contributed by atoms with van der Waals surface area (Å²) in [7, 11) is 3.99. The molecule has 124 valence electrons. The van der Waals surface area contributed by atoms with Gasteiger partial charge in [0.05, 0.1) is 11.6 Å². The average Bonchev–Trinajstić information content (AvgIpc) is 2.97. The smallest absolute Gasteiger partial charge is 0.272 e. The van der Waals surface area contributed by atoms with E-state index in [2.05, 4.69) is 20.4 Å². The molecule has 0 saturated heterocycles. The van der Waals surface area contributed by atoms with Crippen molar-refractivity contribution in [3.05, 3.63) is 65.4 Å². The molecular formula is C19H22N4O. The standard InChI is InChI=1S/C19H22N4O/c1-13-9-10-16-15(11-13)18(22-21-16)19(24)20-17(12-23(2)3)14-7-5-4-6-8-14/h4-11,17H,12H2,1-3H3,(H,20,24)(H,21,22). The van der Waals surface area contributed by atoms with Crippen molar-refractivity contribution < 1.29 is 4.79 Å². The lowest BCUT2D eigenvalue weighted by Crippen LogP contribution is -2.35. The zero-order valence-corrected chi connectivity index (χ0v) is 14.2. The van der Waals surface area contributed by atoms with Crippen molar-refractivity contribution in [2.45, 2.75) is 13.0 Å². The minimum absolute atomic E-state index is 0.0924. The molecule has 0 fully saturated rings. The third kappa shape index (κ3) is 3.46. The summed E-state index contributed by atoms with van der Waals surface area (Å²) < 4.78 is 0. The summed E-state index contributed by atoms with van der Waals surface area (Å²) in [5, 5.41) is 11.1. The normalized spacial score (nSPS) is 12.5. The van der Waals surface area contributed by atoms with Gasteiger partial charge in [-0.15, -0.1) is 0 Å². The molecule has 3 aromatic rings. The number of carbonyl (C=O) groups is 1. The molecule has 2 N–H and O–H groups in total. The number of hydrogen-bond donors (Lipinski definition) is 2. The van der Waals surface area contributed by atoms with Crippen molar-refractivity contribution in [1.82, 2.24) is 20.4 Å². The van der Waals surface area contributed by atoms with E-state index >= 15 is 0 Å². The molecule has 1 amide bonds. The lowest BCUT2D eigenvalue weighted by Gasteiger charge is -2.22. The molecule has 5 nitrogen and oxygen atoms in total. The van der Waals surface area contributed by atoms with Crippen LogP contribution in [0.2, 0.25) is 0 Å². The zero-order chi connectivity index (χ0) is 17.1. The number of aromatic amines is 1. The minimum Gasteiger partial charge on any atom is -0.343 e. The number of aryl methyl sites for hydroxylation is 1. The molecular weight excluding hydrogens is 300 g/mol. The maximum absolute atomic E-state index is 12.8. The molecule has 1 atom stereocenters. The predicted octanol–water partition coefficient (Wildman–Crippen LogP) is 2.90. The van der Waals surface area contributed by atoms with Crippen LogP contribution in [0.4, 0.5) is 0 Å². The van der Waals surface area contributed by atoms with Crippen LogP contribution in [-0.4, -0.2) is 41.6 Å². The number of benzene rings is 2. The second-order valence-corrected chi connectivity index (χ2v) is 6.32. The van der Waals surface area contributed by atoms with E-state index < -0.39 is 0 Å². The van der Waals surface area contributed by atoms with Crippen LogP contribution in [0, 0.1) is 6.92 Å². The molecule has 0 aliphatic heterocycles. The lowest BCUT2D eigenvalue weighted by molar-refractivity contribution is 0.0926. The van der Waals surface area contributed by atoms with E-state index in [1.807, 2.05) is 69.6 Å². The Labute approximate surface area is 141 Å². The average molecular weight is 322 g/mol.